The van der Waals surface area contributed by atoms with Crippen LogP contribution in [-0.2, 0) is 0 Å². The molecule has 0 aromatic rings. The van der Waals surface area contributed by atoms with E-state index in [1.54, 1.807) is 0 Å². The van der Waals surface area contributed by atoms with Gasteiger partial charge in [0.2, 0.25) is 0 Å². The van der Waals surface area contributed by atoms with E-state index in [1.165, 1.54) is 58.2 Å². The predicted molar refractivity (Wildman–Crippen MR) is 73.4 cm³/mol. The van der Waals surface area contributed by atoms with Gasteiger partial charge in [0.1, 0.15) is 0 Å². The first kappa shape index (κ1) is 13.3. The maximum Gasteiger partial charge on any atom is 0.0330 e. The van der Waals surface area contributed by atoms with Crippen LogP contribution in [0.3, 0.4) is 0 Å². The van der Waals surface area contributed by atoms with Gasteiger partial charge in [-0.2, -0.15) is 0 Å². The van der Waals surface area contributed by atoms with Crippen molar-refractivity contribution < 1.29 is 0 Å². The Balaban J connectivity index is 1.88. The van der Waals surface area contributed by atoms with E-state index in [2.05, 4.69) is 36.3 Å². The molecular weight excluding hydrogens is 210 g/mol. The molecule has 0 aromatic heterocycles. The Bertz CT molecular complexity index is 228. The molecule has 2 rings (SSSR count). The molecule has 1 heterocycles. The molecule has 0 bridgehead atoms. The maximum absolute atomic E-state index is 3.51. The molecule has 2 aliphatic rings. The standard InChI is InChI=1S/C14H29N3/c1-16(2)14(8-5-9-14)12-17(3)13-6-4-10-15-11-7-13/h13,15H,4-12H2,1-3H3. The Kier molecular flexibility index (Phi) is 4.45. The van der Waals surface area contributed by atoms with Crippen LogP contribution in [0.4, 0.5) is 0 Å². The molecule has 1 saturated heterocycles. The first-order valence-corrected chi connectivity index (χ1v) is 7.22. The first-order valence-electron chi connectivity index (χ1n) is 7.22. The lowest BCUT2D eigenvalue weighted by Crippen LogP contribution is -2.58. The lowest BCUT2D eigenvalue weighted by molar-refractivity contribution is 0.0145. The van der Waals surface area contributed by atoms with Gasteiger partial charge in [-0.1, -0.05) is 0 Å². The van der Waals surface area contributed by atoms with Gasteiger partial charge in [-0.05, 0) is 72.8 Å². The molecule has 1 unspecified atom stereocenters. The minimum atomic E-state index is 0.481. The second-order valence-corrected chi connectivity index (χ2v) is 6.22. The molecule has 3 heteroatoms. The Hall–Kier alpha value is -0.120. The number of likely N-dealkylation sites (N-methyl/N-ethyl adjacent to an activating group) is 2. The van der Waals surface area contributed by atoms with Gasteiger partial charge in [-0.15, -0.1) is 0 Å². The fraction of sp³-hybridized carbons (Fsp3) is 1.00. The summed E-state index contributed by atoms with van der Waals surface area (Å²) in [5.41, 5.74) is 0.481. The summed E-state index contributed by atoms with van der Waals surface area (Å²) in [5.74, 6) is 0. The molecule has 100 valence electrons. The third-order valence-corrected chi connectivity index (χ3v) is 4.95. The van der Waals surface area contributed by atoms with E-state index in [0.29, 0.717) is 5.54 Å². The number of rotatable bonds is 4. The molecule has 1 atom stereocenters. The summed E-state index contributed by atoms with van der Waals surface area (Å²) in [4.78, 5) is 5.09. The fourth-order valence-electron chi connectivity index (χ4n) is 3.37. The van der Waals surface area contributed by atoms with Gasteiger partial charge in [-0.25, -0.2) is 0 Å². The number of hydrogen-bond acceptors (Lipinski definition) is 3. The zero-order valence-corrected chi connectivity index (χ0v) is 11.8. The summed E-state index contributed by atoms with van der Waals surface area (Å²) < 4.78 is 0. The van der Waals surface area contributed by atoms with E-state index in [4.69, 9.17) is 0 Å². The van der Waals surface area contributed by atoms with E-state index < -0.39 is 0 Å². The molecule has 17 heavy (non-hydrogen) atoms. The smallest absolute Gasteiger partial charge is 0.0330 e. The summed E-state index contributed by atoms with van der Waals surface area (Å²) in [7, 11) is 6.84. The van der Waals surface area contributed by atoms with Crippen molar-refractivity contribution in [1.29, 1.82) is 0 Å². The molecule has 0 amide bonds. The van der Waals surface area contributed by atoms with Crippen molar-refractivity contribution in [2.45, 2.75) is 50.1 Å². The van der Waals surface area contributed by atoms with E-state index in [1.807, 2.05) is 0 Å². The topological polar surface area (TPSA) is 18.5 Å². The van der Waals surface area contributed by atoms with Gasteiger partial charge in [-0.3, -0.25) is 0 Å². The normalized spacial score (nSPS) is 29.1. The SMILES string of the molecule is CN(CC1(N(C)C)CCC1)C1CCCNCC1. The van der Waals surface area contributed by atoms with Gasteiger partial charge in [0.05, 0.1) is 0 Å². The van der Waals surface area contributed by atoms with Crippen LogP contribution >= 0.6 is 0 Å². The molecule has 2 fully saturated rings. The van der Waals surface area contributed by atoms with Crippen LogP contribution in [0, 0.1) is 0 Å². The quantitative estimate of drug-likeness (QED) is 0.803. The second kappa shape index (κ2) is 5.68. The molecule has 1 N–H and O–H groups in total. The summed E-state index contributed by atoms with van der Waals surface area (Å²) in [6.45, 7) is 3.66. The average molecular weight is 239 g/mol. The van der Waals surface area contributed by atoms with E-state index in [9.17, 15) is 0 Å². The van der Waals surface area contributed by atoms with Crippen molar-refractivity contribution in [1.82, 2.24) is 15.1 Å². The summed E-state index contributed by atoms with van der Waals surface area (Å²) in [6, 6.07) is 0.794. The molecule has 0 radical (unpaired) electrons. The zero-order valence-electron chi connectivity index (χ0n) is 11.8. The second-order valence-electron chi connectivity index (χ2n) is 6.22. The van der Waals surface area contributed by atoms with Crippen molar-refractivity contribution in [3.8, 4) is 0 Å². The van der Waals surface area contributed by atoms with E-state index >= 15 is 0 Å². The Labute approximate surface area is 107 Å². The molecule has 1 saturated carbocycles. The van der Waals surface area contributed by atoms with Crippen molar-refractivity contribution in [2.75, 3.05) is 40.8 Å². The van der Waals surface area contributed by atoms with Crippen LogP contribution < -0.4 is 5.32 Å². The van der Waals surface area contributed by atoms with E-state index in [-0.39, 0.29) is 0 Å². The zero-order chi connectivity index (χ0) is 12.3. The molecule has 0 aromatic carbocycles. The largest absolute Gasteiger partial charge is 0.317 e. The molecule has 1 aliphatic carbocycles. The van der Waals surface area contributed by atoms with Crippen LogP contribution in [0.15, 0.2) is 0 Å². The summed E-state index contributed by atoms with van der Waals surface area (Å²) >= 11 is 0. The van der Waals surface area contributed by atoms with Crippen LogP contribution in [0.25, 0.3) is 0 Å². The highest BCUT2D eigenvalue weighted by atomic mass is 15.2. The van der Waals surface area contributed by atoms with Crippen molar-refractivity contribution in [3.63, 3.8) is 0 Å². The van der Waals surface area contributed by atoms with Crippen LogP contribution in [0.5, 0.6) is 0 Å². The van der Waals surface area contributed by atoms with Crippen LogP contribution in [0.1, 0.15) is 38.5 Å². The third-order valence-electron chi connectivity index (χ3n) is 4.95. The highest BCUT2D eigenvalue weighted by Crippen LogP contribution is 2.37. The monoisotopic (exact) mass is 239 g/mol. The van der Waals surface area contributed by atoms with Gasteiger partial charge in [0.15, 0.2) is 0 Å². The number of nitrogens with zero attached hydrogens (tertiary/aromatic N) is 2. The van der Waals surface area contributed by atoms with Crippen LogP contribution in [0.2, 0.25) is 0 Å². The van der Waals surface area contributed by atoms with E-state index in [0.717, 1.165) is 6.04 Å². The number of nitrogens with one attached hydrogen (secondary N) is 1. The Morgan fingerprint density at radius 1 is 1.06 bits per heavy atom. The summed E-state index contributed by atoms with van der Waals surface area (Å²) in [5, 5.41) is 3.51. The Morgan fingerprint density at radius 2 is 1.82 bits per heavy atom. The highest BCUT2D eigenvalue weighted by Gasteiger charge is 2.40. The minimum Gasteiger partial charge on any atom is -0.317 e. The third kappa shape index (κ3) is 3.01. The first-order chi connectivity index (χ1) is 8.14. The van der Waals surface area contributed by atoms with Crippen LogP contribution in [-0.4, -0.2) is 62.2 Å². The Morgan fingerprint density at radius 3 is 2.41 bits per heavy atom. The molecule has 0 spiro atoms. The minimum absolute atomic E-state index is 0.481. The lowest BCUT2D eigenvalue weighted by atomic mass is 9.75. The maximum atomic E-state index is 3.51. The average Bonchev–Trinajstić information content (AvgIpc) is 2.50. The number of hydrogen-bond donors (Lipinski definition) is 1. The fourth-order valence-corrected chi connectivity index (χ4v) is 3.37. The molecule has 1 aliphatic heterocycles. The van der Waals surface area contributed by atoms with Gasteiger partial charge >= 0.3 is 0 Å². The molecular formula is C14H29N3. The highest BCUT2D eigenvalue weighted by molar-refractivity contribution is 4.98. The van der Waals surface area contributed by atoms with Gasteiger partial charge in [0.25, 0.3) is 0 Å². The summed E-state index contributed by atoms with van der Waals surface area (Å²) in [6.07, 6.45) is 8.21. The predicted octanol–water partition coefficient (Wildman–Crippen LogP) is 1.54. The van der Waals surface area contributed by atoms with Gasteiger partial charge < -0.3 is 15.1 Å². The lowest BCUT2D eigenvalue weighted by Gasteiger charge is -2.50. The van der Waals surface area contributed by atoms with Crippen molar-refractivity contribution in [2.24, 2.45) is 0 Å². The van der Waals surface area contributed by atoms with Crippen molar-refractivity contribution in [3.05, 3.63) is 0 Å². The van der Waals surface area contributed by atoms with Gasteiger partial charge in [0, 0.05) is 18.1 Å². The molecule has 3 nitrogen and oxygen atoms in total. The van der Waals surface area contributed by atoms with Crippen molar-refractivity contribution >= 4 is 0 Å².